The van der Waals surface area contributed by atoms with Gasteiger partial charge in [0.15, 0.2) is 11.3 Å². The maximum Gasteiger partial charge on any atom is 0.342 e. The lowest BCUT2D eigenvalue weighted by Crippen LogP contribution is -2.55. The minimum atomic E-state index is -1.40. The van der Waals surface area contributed by atoms with E-state index in [0.717, 1.165) is 56.9 Å². The molecule has 12 nitrogen and oxygen atoms in total. The fourth-order valence-corrected chi connectivity index (χ4v) is 8.34. The Kier molecular flexibility index (Phi) is 13.2. The first kappa shape index (κ1) is 40.9. The van der Waals surface area contributed by atoms with Crippen LogP contribution in [-0.2, 0) is 37.6 Å². The zero-order valence-electron chi connectivity index (χ0n) is 32.5. The van der Waals surface area contributed by atoms with E-state index in [-0.39, 0.29) is 49.0 Å². The number of ether oxygens (including phenoxy) is 1. The van der Waals surface area contributed by atoms with Crippen molar-refractivity contribution in [2.45, 2.75) is 133 Å². The fraction of sp³-hybridized carbons (Fsp3) is 0.545. The minimum absolute atomic E-state index is 0.0572. The van der Waals surface area contributed by atoms with Gasteiger partial charge in [0.2, 0.25) is 17.7 Å². The Morgan fingerprint density at radius 2 is 1.52 bits per heavy atom. The van der Waals surface area contributed by atoms with Crippen molar-refractivity contribution in [1.82, 2.24) is 16.0 Å². The largest absolute Gasteiger partial charge is 0.459 e. The molecule has 3 fully saturated rings. The molecule has 0 spiro atoms. The number of hydrogen-bond acceptors (Lipinski definition) is 9. The summed E-state index contributed by atoms with van der Waals surface area (Å²) in [7, 11) is 0. The SMILES string of the molecule is CC(=O)N[C@@H](Cc1ccccc1)C(=O)N[C@@H](Cc1cc(C#CC2(O)CCCC2)c2oc(C3(O)CCCC3)c(C(=O)OC3CCC(C)CC3)c2c1)C(=O)NCCO. The van der Waals surface area contributed by atoms with Gasteiger partial charge in [-0.2, -0.15) is 0 Å². The number of aliphatic hydroxyl groups excluding tert-OH is 1. The van der Waals surface area contributed by atoms with Crippen molar-refractivity contribution in [3.05, 3.63) is 70.5 Å². The van der Waals surface area contributed by atoms with Crippen LogP contribution in [0.1, 0.15) is 124 Å². The van der Waals surface area contributed by atoms with Gasteiger partial charge in [-0.25, -0.2) is 4.79 Å². The molecule has 1 heterocycles. The number of hydrogen-bond donors (Lipinski definition) is 6. The number of nitrogens with one attached hydrogen (secondary N) is 3. The number of amides is 3. The molecule has 2 atom stereocenters. The number of aliphatic hydroxyl groups is 3. The standard InChI is InChI=1S/C44H55N3O9/c1-28-12-14-33(15-13-28)55-42(52)37-34-25-31(24-32(16-21-43(53)17-6-7-18-43)38(34)56-39(37)44(54)19-8-9-20-44)27-35(40(50)45-22-23-48)47-41(51)36(46-29(2)49)26-30-10-4-3-5-11-30/h3-5,10-11,24-25,28,33,35-36,48,53-54H,6-9,12-15,17-20,22-23,26-27H2,1-2H3,(H,45,50)(H,46,49)(H,47,51)/t28?,33?,35-,36-/m0/s1. The highest BCUT2D eigenvalue weighted by Gasteiger charge is 2.42. The van der Waals surface area contributed by atoms with Crippen LogP contribution in [-0.4, -0.2) is 76.0 Å². The second-order valence-electron chi connectivity index (χ2n) is 16.1. The molecule has 300 valence electrons. The van der Waals surface area contributed by atoms with E-state index in [9.17, 15) is 34.5 Å². The van der Waals surface area contributed by atoms with Crippen molar-refractivity contribution in [2.75, 3.05) is 13.2 Å². The van der Waals surface area contributed by atoms with Crippen LogP contribution >= 0.6 is 0 Å². The maximum atomic E-state index is 14.3. The van der Waals surface area contributed by atoms with Crippen molar-refractivity contribution in [1.29, 1.82) is 0 Å². The highest BCUT2D eigenvalue weighted by atomic mass is 16.5. The summed E-state index contributed by atoms with van der Waals surface area (Å²) in [6.45, 7) is 3.12. The van der Waals surface area contributed by atoms with Gasteiger partial charge in [0, 0.05) is 31.7 Å². The van der Waals surface area contributed by atoms with Gasteiger partial charge < -0.3 is 40.4 Å². The van der Waals surface area contributed by atoms with Crippen LogP contribution in [0.4, 0.5) is 0 Å². The fourth-order valence-electron chi connectivity index (χ4n) is 8.34. The van der Waals surface area contributed by atoms with E-state index in [0.29, 0.717) is 48.1 Å². The van der Waals surface area contributed by atoms with Crippen LogP contribution in [0.2, 0.25) is 0 Å². The van der Waals surface area contributed by atoms with Crippen molar-refractivity contribution < 1.29 is 43.7 Å². The van der Waals surface area contributed by atoms with E-state index in [2.05, 4.69) is 34.7 Å². The normalized spacial score (nSPS) is 21.0. The molecule has 3 amide bonds. The number of rotatable bonds is 13. The van der Waals surface area contributed by atoms with Crippen LogP contribution in [0.25, 0.3) is 11.0 Å². The number of carbonyl (C=O) groups excluding carboxylic acids is 4. The highest BCUT2D eigenvalue weighted by molar-refractivity contribution is 6.06. The Morgan fingerprint density at radius 3 is 2.18 bits per heavy atom. The van der Waals surface area contributed by atoms with Gasteiger partial charge >= 0.3 is 5.97 Å². The summed E-state index contributed by atoms with van der Waals surface area (Å²) in [5.74, 6) is 4.67. The second-order valence-corrected chi connectivity index (χ2v) is 16.1. The first-order chi connectivity index (χ1) is 26.9. The molecule has 3 aromatic rings. The summed E-state index contributed by atoms with van der Waals surface area (Å²) in [5.41, 5.74) is -0.544. The molecule has 12 heteroatoms. The van der Waals surface area contributed by atoms with E-state index in [1.165, 1.54) is 6.92 Å². The van der Waals surface area contributed by atoms with Crippen LogP contribution in [0, 0.1) is 17.8 Å². The zero-order chi connectivity index (χ0) is 39.9. The van der Waals surface area contributed by atoms with E-state index < -0.39 is 47.0 Å². The maximum absolute atomic E-state index is 14.3. The van der Waals surface area contributed by atoms with Crippen molar-refractivity contribution in [3.8, 4) is 11.8 Å². The number of carbonyl (C=O) groups is 4. The molecule has 3 saturated carbocycles. The Labute approximate surface area is 328 Å². The third-order valence-electron chi connectivity index (χ3n) is 11.5. The molecule has 1 aromatic heterocycles. The molecular weight excluding hydrogens is 714 g/mol. The van der Waals surface area contributed by atoms with Crippen molar-refractivity contribution >= 4 is 34.7 Å². The predicted octanol–water partition coefficient (Wildman–Crippen LogP) is 4.47. The van der Waals surface area contributed by atoms with Crippen LogP contribution < -0.4 is 16.0 Å². The van der Waals surface area contributed by atoms with Crippen molar-refractivity contribution in [2.24, 2.45) is 5.92 Å². The Bertz CT molecular complexity index is 1940. The smallest absolute Gasteiger partial charge is 0.342 e. The Hall–Kier alpha value is -4.70. The van der Waals surface area contributed by atoms with Gasteiger partial charge in [0.1, 0.15) is 35.0 Å². The van der Waals surface area contributed by atoms with E-state index >= 15 is 0 Å². The summed E-state index contributed by atoms with van der Waals surface area (Å²) in [5, 5.41) is 41.2. The lowest BCUT2D eigenvalue weighted by molar-refractivity contribution is -0.131. The number of esters is 1. The van der Waals surface area contributed by atoms with Gasteiger partial charge in [0.25, 0.3) is 0 Å². The van der Waals surface area contributed by atoms with Gasteiger partial charge in [-0.1, -0.05) is 49.1 Å². The van der Waals surface area contributed by atoms with Crippen LogP contribution in [0.15, 0.2) is 46.9 Å². The van der Waals surface area contributed by atoms with Gasteiger partial charge in [-0.05, 0) is 106 Å². The quantitative estimate of drug-likeness (QED) is 0.108. The summed E-state index contributed by atoms with van der Waals surface area (Å²) >= 11 is 0. The molecule has 0 radical (unpaired) electrons. The molecule has 2 aromatic carbocycles. The lowest BCUT2D eigenvalue weighted by Gasteiger charge is -2.26. The molecule has 0 unspecified atom stereocenters. The second kappa shape index (κ2) is 18.0. The van der Waals surface area contributed by atoms with Crippen LogP contribution in [0.3, 0.4) is 0 Å². The number of furan rings is 1. The first-order valence-corrected chi connectivity index (χ1v) is 20.1. The topological polar surface area (TPSA) is 187 Å². The van der Waals surface area contributed by atoms with E-state index in [4.69, 9.17) is 9.15 Å². The third-order valence-corrected chi connectivity index (χ3v) is 11.5. The zero-order valence-corrected chi connectivity index (χ0v) is 32.5. The van der Waals surface area contributed by atoms with Gasteiger partial charge in [-0.15, -0.1) is 0 Å². The molecule has 56 heavy (non-hydrogen) atoms. The van der Waals surface area contributed by atoms with Gasteiger partial charge in [0.05, 0.1) is 12.2 Å². The lowest BCUT2D eigenvalue weighted by atomic mass is 9.89. The molecule has 3 aliphatic carbocycles. The molecule has 0 bridgehead atoms. The monoisotopic (exact) mass is 769 g/mol. The summed E-state index contributed by atoms with van der Waals surface area (Å²) < 4.78 is 12.6. The number of benzene rings is 2. The van der Waals surface area contributed by atoms with Crippen molar-refractivity contribution in [3.63, 3.8) is 0 Å². The Balaban J connectivity index is 1.42. The Morgan fingerprint density at radius 1 is 0.875 bits per heavy atom. The van der Waals surface area contributed by atoms with E-state index in [1.807, 2.05) is 30.3 Å². The molecular formula is C44H55N3O9. The molecule has 3 aliphatic rings. The molecule has 0 aliphatic heterocycles. The summed E-state index contributed by atoms with van der Waals surface area (Å²) in [6.07, 6.45) is 8.17. The van der Waals surface area contributed by atoms with E-state index in [1.54, 1.807) is 12.1 Å². The van der Waals surface area contributed by atoms with Crippen LogP contribution in [0.5, 0.6) is 0 Å². The summed E-state index contributed by atoms with van der Waals surface area (Å²) in [6, 6.07) is 10.4. The molecule has 6 N–H and O–H groups in total. The average Bonchev–Trinajstić information content (AvgIpc) is 3.93. The number of fused-ring (bicyclic) bond motifs is 1. The van der Waals surface area contributed by atoms with Gasteiger partial charge in [-0.3, -0.25) is 14.4 Å². The average molecular weight is 770 g/mol. The first-order valence-electron chi connectivity index (χ1n) is 20.1. The highest BCUT2D eigenvalue weighted by Crippen LogP contribution is 2.45. The minimum Gasteiger partial charge on any atom is -0.459 e. The predicted molar refractivity (Wildman–Crippen MR) is 209 cm³/mol. The summed E-state index contributed by atoms with van der Waals surface area (Å²) in [4.78, 5) is 54.0. The molecule has 6 rings (SSSR count). The molecule has 0 saturated heterocycles. The third kappa shape index (κ3) is 9.99.